The summed E-state index contributed by atoms with van der Waals surface area (Å²) in [6, 6.07) is 8.96. The molecule has 0 aliphatic carbocycles. The predicted octanol–water partition coefficient (Wildman–Crippen LogP) is 3.98. The van der Waals surface area contributed by atoms with E-state index in [4.69, 9.17) is 0 Å². The van der Waals surface area contributed by atoms with Gasteiger partial charge in [0, 0.05) is 16.2 Å². The summed E-state index contributed by atoms with van der Waals surface area (Å²) in [6.07, 6.45) is 0. The molecule has 0 radical (unpaired) electrons. The second-order valence-corrected chi connectivity index (χ2v) is 4.21. The Kier molecular flexibility index (Phi) is 2.89. The molecule has 0 nitrogen and oxygen atoms in total. The largest absolute Gasteiger partial charge is 0.206 e. The van der Waals surface area contributed by atoms with Crippen LogP contribution in [0.15, 0.2) is 35.7 Å². The highest BCUT2D eigenvalue weighted by Gasteiger charge is 2.06. The average molecular weight is 224 g/mol. The Hall–Kier alpha value is -0.800. The fourth-order valence-corrected chi connectivity index (χ4v) is 2.23. The van der Waals surface area contributed by atoms with Crippen molar-refractivity contribution in [1.82, 2.24) is 0 Å². The van der Waals surface area contributed by atoms with Gasteiger partial charge in [0.05, 0.1) is 0 Å². The number of rotatable bonds is 2. The number of halogens is 1. The number of hydrogen-bond acceptors (Lipinski definition) is 2. The molecule has 0 saturated carbocycles. The minimum absolute atomic E-state index is 0.169. The average Bonchev–Trinajstić information content (AvgIpc) is 2.71. The standard InChI is InChI=1S/C11H9FS2/c12-10-4-3-8(7-13)6-9(10)11-2-1-5-14-11/h1-6,13H,7H2. The van der Waals surface area contributed by atoms with E-state index >= 15 is 0 Å². The van der Waals surface area contributed by atoms with Gasteiger partial charge in [0.15, 0.2) is 0 Å². The van der Waals surface area contributed by atoms with Crippen molar-refractivity contribution in [3.8, 4) is 10.4 Å². The van der Waals surface area contributed by atoms with Crippen LogP contribution in [-0.2, 0) is 5.75 Å². The summed E-state index contributed by atoms with van der Waals surface area (Å²) in [4.78, 5) is 0.964. The van der Waals surface area contributed by atoms with Crippen LogP contribution in [0, 0.1) is 5.82 Å². The first-order valence-electron chi connectivity index (χ1n) is 4.24. The molecule has 0 saturated heterocycles. The lowest BCUT2D eigenvalue weighted by Gasteiger charge is -2.02. The van der Waals surface area contributed by atoms with Crippen LogP contribution >= 0.6 is 24.0 Å². The summed E-state index contributed by atoms with van der Waals surface area (Å²) in [5, 5.41) is 1.95. The highest BCUT2D eigenvalue weighted by atomic mass is 32.1. The van der Waals surface area contributed by atoms with E-state index < -0.39 is 0 Å². The molecule has 0 fully saturated rings. The Balaban J connectivity index is 2.51. The molecular weight excluding hydrogens is 215 g/mol. The summed E-state index contributed by atoms with van der Waals surface area (Å²) in [6.45, 7) is 0. The van der Waals surface area contributed by atoms with E-state index in [1.54, 1.807) is 17.4 Å². The third-order valence-electron chi connectivity index (χ3n) is 2.00. The molecule has 1 aromatic heterocycles. The summed E-state index contributed by atoms with van der Waals surface area (Å²) in [5.74, 6) is 0.469. The van der Waals surface area contributed by atoms with Crippen LogP contribution in [0.3, 0.4) is 0 Å². The second-order valence-electron chi connectivity index (χ2n) is 2.95. The first kappa shape index (κ1) is 9.74. The van der Waals surface area contributed by atoms with Crippen LogP contribution in [0.5, 0.6) is 0 Å². The number of thiophene rings is 1. The van der Waals surface area contributed by atoms with Crippen molar-refractivity contribution in [2.45, 2.75) is 5.75 Å². The normalized spacial score (nSPS) is 10.4. The van der Waals surface area contributed by atoms with Crippen LogP contribution < -0.4 is 0 Å². The fourth-order valence-electron chi connectivity index (χ4n) is 1.29. The molecule has 0 bridgehead atoms. The van der Waals surface area contributed by atoms with Gasteiger partial charge in [-0.1, -0.05) is 12.1 Å². The van der Waals surface area contributed by atoms with Gasteiger partial charge in [-0.05, 0) is 29.1 Å². The number of thiol groups is 1. The molecule has 0 unspecified atom stereocenters. The maximum Gasteiger partial charge on any atom is 0.131 e. The quantitative estimate of drug-likeness (QED) is 0.733. The minimum Gasteiger partial charge on any atom is -0.206 e. The third-order valence-corrected chi connectivity index (χ3v) is 3.27. The van der Waals surface area contributed by atoms with Gasteiger partial charge < -0.3 is 0 Å². The number of benzene rings is 1. The summed E-state index contributed by atoms with van der Waals surface area (Å²) in [7, 11) is 0. The van der Waals surface area contributed by atoms with Crippen molar-refractivity contribution < 1.29 is 4.39 Å². The van der Waals surface area contributed by atoms with Gasteiger partial charge >= 0.3 is 0 Å². The first-order valence-corrected chi connectivity index (χ1v) is 5.75. The smallest absolute Gasteiger partial charge is 0.131 e. The van der Waals surface area contributed by atoms with Crippen LogP contribution in [-0.4, -0.2) is 0 Å². The van der Waals surface area contributed by atoms with E-state index in [1.165, 1.54) is 6.07 Å². The highest BCUT2D eigenvalue weighted by Crippen LogP contribution is 2.28. The molecule has 0 aliphatic rings. The van der Waals surface area contributed by atoms with E-state index in [0.717, 1.165) is 10.4 Å². The van der Waals surface area contributed by atoms with E-state index in [9.17, 15) is 4.39 Å². The molecular formula is C11H9FS2. The molecule has 2 rings (SSSR count). The zero-order valence-electron chi connectivity index (χ0n) is 7.40. The maximum absolute atomic E-state index is 13.5. The molecule has 0 atom stereocenters. The Morgan fingerprint density at radius 3 is 2.79 bits per heavy atom. The molecule has 72 valence electrons. The molecule has 0 amide bonds. The summed E-state index contributed by atoms with van der Waals surface area (Å²) >= 11 is 5.71. The molecule has 0 spiro atoms. The van der Waals surface area contributed by atoms with Gasteiger partial charge in [-0.3, -0.25) is 0 Å². The highest BCUT2D eigenvalue weighted by molar-refractivity contribution is 7.79. The minimum atomic E-state index is -0.169. The topological polar surface area (TPSA) is 0 Å². The van der Waals surface area contributed by atoms with Gasteiger partial charge in [0.1, 0.15) is 5.82 Å². The summed E-state index contributed by atoms with van der Waals surface area (Å²) in [5.41, 5.74) is 1.71. The Bertz CT molecular complexity index is 421. The van der Waals surface area contributed by atoms with E-state index in [-0.39, 0.29) is 5.82 Å². The molecule has 3 heteroatoms. The third kappa shape index (κ3) is 1.83. The molecule has 14 heavy (non-hydrogen) atoms. The SMILES string of the molecule is Fc1ccc(CS)cc1-c1cccs1. The van der Waals surface area contributed by atoms with Gasteiger partial charge in [-0.25, -0.2) is 4.39 Å². The zero-order chi connectivity index (χ0) is 9.97. The van der Waals surface area contributed by atoms with Gasteiger partial charge in [-0.15, -0.1) is 11.3 Å². The van der Waals surface area contributed by atoms with Crippen molar-refractivity contribution in [3.63, 3.8) is 0 Å². The van der Waals surface area contributed by atoms with E-state index in [0.29, 0.717) is 11.3 Å². The van der Waals surface area contributed by atoms with Crippen molar-refractivity contribution in [1.29, 1.82) is 0 Å². The van der Waals surface area contributed by atoms with Gasteiger partial charge in [0.2, 0.25) is 0 Å². The molecule has 0 N–H and O–H groups in total. The first-order chi connectivity index (χ1) is 6.81. The van der Waals surface area contributed by atoms with Crippen molar-refractivity contribution >= 4 is 24.0 Å². The monoisotopic (exact) mass is 224 g/mol. The lowest BCUT2D eigenvalue weighted by Crippen LogP contribution is -1.84. The maximum atomic E-state index is 13.5. The van der Waals surface area contributed by atoms with E-state index in [1.807, 2.05) is 23.6 Å². The van der Waals surface area contributed by atoms with Crippen LogP contribution in [0.1, 0.15) is 5.56 Å². The Morgan fingerprint density at radius 2 is 2.14 bits per heavy atom. The lowest BCUT2D eigenvalue weighted by molar-refractivity contribution is 0.631. The Labute approximate surface area is 91.8 Å². The molecule has 2 aromatic rings. The lowest BCUT2D eigenvalue weighted by atomic mass is 10.1. The van der Waals surface area contributed by atoms with Crippen molar-refractivity contribution in [2.24, 2.45) is 0 Å². The fraction of sp³-hybridized carbons (Fsp3) is 0.0909. The Morgan fingerprint density at radius 1 is 1.29 bits per heavy atom. The molecule has 1 heterocycles. The second kappa shape index (κ2) is 4.15. The van der Waals surface area contributed by atoms with Crippen molar-refractivity contribution in [2.75, 3.05) is 0 Å². The zero-order valence-corrected chi connectivity index (χ0v) is 9.12. The predicted molar refractivity (Wildman–Crippen MR) is 62.4 cm³/mol. The van der Waals surface area contributed by atoms with Gasteiger partial charge in [0.25, 0.3) is 0 Å². The van der Waals surface area contributed by atoms with Crippen LogP contribution in [0.2, 0.25) is 0 Å². The molecule has 1 aromatic carbocycles. The molecule has 0 aliphatic heterocycles. The number of hydrogen-bond donors (Lipinski definition) is 1. The van der Waals surface area contributed by atoms with Gasteiger partial charge in [-0.2, -0.15) is 12.6 Å². The van der Waals surface area contributed by atoms with Crippen LogP contribution in [0.25, 0.3) is 10.4 Å². The van der Waals surface area contributed by atoms with Crippen molar-refractivity contribution in [3.05, 3.63) is 47.1 Å². The summed E-state index contributed by atoms with van der Waals surface area (Å²) < 4.78 is 13.5. The van der Waals surface area contributed by atoms with Crippen LogP contribution in [0.4, 0.5) is 4.39 Å². The van der Waals surface area contributed by atoms with E-state index in [2.05, 4.69) is 12.6 Å².